The molecule has 0 bridgehead atoms. The second-order valence-electron chi connectivity index (χ2n) is 2.69. The lowest BCUT2D eigenvalue weighted by molar-refractivity contribution is 0.270. The fourth-order valence-electron chi connectivity index (χ4n) is 1.06. The number of rotatable bonds is 2. The van der Waals surface area contributed by atoms with E-state index in [1.807, 2.05) is 0 Å². The molecule has 2 nitrogen and oxygen atoms in total. The molecule has 0 radical (unpaired) electrons. The molecule has 0 unspecified atom stereocenters. The summed E-state index contributed by atoms with van der Waals surface area (Å²) in [5, 5.41) is 17.5. The molecule has 1 aromatic carbocycles. The summed E-state index contributed by atoms with van der Waals surface area (Å²) in [5.41, 5.74) is 1.58. The maximum atomic E-state index is 12.9. The van der Waals surface area contributed by atoms with Crippen LogP contribution in [0.25, 0.3) is 0 Å². The van der Waals surface area contributed by atoms with Gasteiger partial charge in [0.15, 0.2) is 0 Å². The van der Waals surface area contributed by atoms with Crippen molar-refractivity contribution in [3.05, 3.63) is 34.6 Å². The average molecular weight is 170 g/mol. The van der Waals surface area contributed by atoms with Gasteiger partial charge < -0.3 is 10.2 Å². The highest BCUT2D eigenvalue weighted by Crippen LogP contribution is 2.15. The Hall–Kier alpha value is -0.930. The van der Waals surface area contributed by atoms with Crippen molar-refractivity contribution in [2.75, 3.05) is 0 Å². The monoisotopic (exact) mass is 170 g/mol. The van der Waals surface area contributed by atoms with Gasteiger partial charge in [0.05, 0.1) is 13.2 Å². The molecule has 0 aliphatic carbocycles. The third kappa shape index (κ3) is 1.62. The molecule has 1 aromatic rings. The first-order valence-electron chi connectivity index (χ1n) is 3.68. The first-order valence-corrected chi connectivity index (χ1v) is 3.68. The smallest absolute Gasteiger partial charge is 0.128 e. The number of aliphatic hydroxyl groups is 2. The van der Waals surface area contributed by atoms with Crippen LogP contribution in [0.2, 0.25) is 0 Å². The predicted octanol–water partition coefficient (Wildman–Crippen LogP) is 1.12. The molecular weight excluding hydrogens is 159 g/mol. The Kier molecular flexibility index (Phi) is 2.78. The van der Waals surface area contributed by atoms with E-state index in [4.69, 9.17) is 10.2 Å². The Morgan fingerprint density at radius 3 is 2.25 bits per heavy atom. The van der Waals surface area contributed by atoms with Gasteiger partial charge in [0.2, 0.25) is 0 Å². The van der Waals surface area contributed by atoms with Gasteiger partial charge in [-0.15, -0.1) is 0 Å². The Labute approximate surface area is 70.3 Å². The minimum atomic E-state index is -0.424. The second kappa shape index (κ2) is 3.65. The van der Waals surface area contributed by atoms with Crippen LogP contribution in [0.5, 0.6) is 0 Å². The summed E-state index contributed by atoms with van der Waals surface area (Å²) in [6.45, 7) is 1.26. The first-order chi connectivity index (χ1) is 5.69. The molecule has 0 spiro atoms. The SMILES string of the molecule is Cc1cc(F)c(CO)cc1CO. The van der Waals surface area contributed by atoms with Crippen molar-refractivity contribution < 1.29 is 14.6 Å². The molecule has 0 saturated carbocycles. The van der Waals surface area contributed by atoms with E-state index in [0.29, 0.717) is 11.1 Å². The second-order valence-corrected chi connectivity index (χ2v) is 2.69. The molecule has 2 N–H and O–H groups in total. The Balaban J connectivity index is 3.18. The molecule has 3 heteroatoms. The van der Waals surface area contributed by atoms with Crippen LogP contribution >= 0.6 is 0 Å². The van der Waals surface area contributed by atoms with Gasteiger partial charge in [0.25, 0.3) is 0 Å². The molecule has 0 aliphatic rings. The van der Waals surface area contributed by atoms with Crippen molar-refractivity contribution in [3.8, 4) is 0 Å². The van der Waals surface area contributed by atoms with Crippen LogP contribution in [0, 0.1) is 12.7 Å². The molecule has 0 heterocycles. The number of hydrogen-bond acceptors (Lipinski definition) is 2. The van der Waals surface area contributed by atoms with Gasteiger partial charge in [-0.1, -0.05) is 0 Å². The summed E-state index contributed by atoms with van der Waals surface area (Å²) in [5.74, 6) is -0.424. The Morgan fingerprint density at radius 1 is 1.17 bits per heavy atom. The van der Waals surface area contributed by atoms with E-state index < -0.39 is 5.82 Å². The molecular formula is C9H11FO2. The average Bonchev–Trinajstić information content (AvgIpc) is 2.05. The van der Waals surface area contributed by atoms with Crippen molar-refractivity contribution >= 4 is 0 Å². The van der Waals surface area contributed by atoms with Crippen LogP contribution in [-0.4, -0.2) is 10.2 Å². The minimum absolute atomic E-state index is 0.126. The van der Waals surface area contributed by atoms with Gasteiger partial charge in [0.1, 0.15) is 5.82 Å². The lowest BCUT2D eigenvalue weighted by Gasteiger charge is -2.05. The summed E-state index contributed by atoms with van der Waals surface area (Å²) in [6.07, 6.45) is 0. The largest absolute Gasteiger partial charge is 0.392 e. The molecule has 0 aromatic heterocycles. The highest BCUT2D eigenvalue weighted by atomic mass is 19.1. The van der Waals surface area contributed by atoms with E-state index in [-0.39, 0.29) is 18.8 Å². The topological polar surface area (TPSA) is 40.5 Å². The molecule has 0 amide bonds. The van der Waals surface area contributed by atoms with Crippen LogP contribution in [0.15, 0.2) is 12.1 Å². The maximum Gasteiger partial charge on any atom is 0.128 e. The molecule has 0 fully saturated rings. The van der Waals surface area contributed by atoms with Crippen LogP contribution in [-0.2, 0) is 13.2 Å². The summed E-state index contributed by atoms with van der Waals surface area (Å²) >= 11 is 0. The van der Waals surface area contributed by atoms with E-state index in [9.17, 15) is 4.39 Å². The van der Waals surface area contributed by atoms with Crippen molar-refractivity contribution in [1.82, 2.24) is 0 Å². The fraction of sp³-hybridized carbons (Fsp3) is 0.333. The standard InChI is InChI=1S/C9H11FO2/c1-6-2-9(10)8(5-12)3-7(6)4-11/h2-3,11-12H,4-5H2,1H3. The highest BCUT2D eigenvalue weighted by Gasteiger charge is 2.04. The van der Waals surface area contributed by atoms with Crippen LogP contribution in [0.4, 0.5) is 4.39 Å². The molecule has 0 saturated heterocycles. The zero-order valence-corrected chi connectivity index (χ0v) is 6.84. The Bertz CT molecular complexity index is 259. The third-order valence-electron chi connectivity index (χ3n) is 1.85. The zero-order valence-electron chi connectivity index (χ0n) is 6.84. The van der Waals surface area contributed by atoms with Gasteiger partial charge in [-0.3, -0.25) is 0 Å². The zero-order chi connectivity index (χ0) is 9.14. The van der Waals surface area contributed by atoms with Gasteiger partial charge in [-0.2, -0.15) is 0 Å². The van der Waals surface area contributed by atoms with Crippen molar-refractivity contribution in [2.24, 2.45) is 0 Å². The van der Waals surface area contributed by atoms with Gasteiger partial charge in [0, 0.05) is 5.56 Å². The lowest BCUT2D eigenvalue weighted by Crippen LogP contribution is -1.96. The normalized spacial score (nSPS) is 10.3. The van der Waals surface area contributed by atoms with Crippen LogP contribution < -0.4 is 0 Å². The minimum Gasteiger partial charge on any atom is -0.392 e. The summed E-state index contributed by atoms with van der Waals surface area (Å²) in [7, 11) is 0. The summed E-state index contributed by atoms with van der Waals surface area (Å²) < 4.78 is 12.9. The van der Waals surface area contributed by atoms with E-state index in [2.05, 4.69) is 0 Å². The highest BCUT2D eigenvalue weighted by molar-refractivity contribution is 5.31. The third-order valence-corrected chi connectivity index (χ3v) is 1.85. The Morgan fingerprint density at radius 2 is 1.75 bits per heavy atom. The van der Waals surface area contributed by atoms with E-state index >= 15 is 0 Å². The number of halogens is 1. The summed E-state index contributed by atoms with van der Waals surface area (Å²) in [6, 6.07) is 2.79. The van der Waals surface area contributed by atoms with Gasteiger partial charge in [-0.25, -0.2) is 4.39 Å². The molecule has 1 rings (SSSR count). The van der Waals surface area contributed by atoms with Crippen molar-refractivity contribution in [2.45, 2.75) is 20.1 Å². The quantitative estimate of drug-likeness (QED) is 0.698. The van der Waals surface area contributed by atoms with Gasteiger partial charge in [-0.05, 0) is 30.2 Å². The number of aliphatic hydroxyl groups excluding tert-OH is 2. The van der Waals surface area contributed by atoms with Crippen LogP contribution in [0.1, 0.15) is 16.7 Å². The number of benzene rings is 1. The lowest BCUT2D eigenvalue weighted by atomic mass is 10.1. The predicted molar refractivity (Wildman–Crippen MR) is 43.0 cm³/mol. The van der Waals surface area contributed by atoms with Crippen LogP contribution in [0.3, 0.4) is 0 Å². The number of aryl methyl sites for hydroxylation is 1. The first kappa shape index (κ1) is 9.16. The maximum absolute atomic E-state index is 12.9. The fourth-order valence-corrected chi connectivity index (χ4v) is 1.06. The van der Waals surface area contributed by atoms with Crippen molar-refractivity contribution in [1.29, 1.82) is 0 Å². The van der Waals surface area contributed by atoms with E-state index in [1.165, 1.54) is 12.1 Å². The van der Waals surface area contributed by atoms with Crippen molar-refractivity contribution in [3.63, 3.8) is 0 Å². The summed E-state index contributed by atoms with van der Waals surface area (Å²) in [4.78, 5) is 0. The molecule has 66 valence electrons. The van der Waals surface area contributed by atoms with Gasteiger partial charge >= 0.3 is 0 Å². The van der Waals surface area contributed by atoms with E-state index in [1.54, 1.807) is 6.92 Å². The molecule has 0 atom stereocenters. The molecule has 12 heavy (non-hydrogen) atoms. The number of hydrogen-bond donors (Lipinski definition) is 2. The molecule has 0 aliphatic heterocycles. The van der Waals surface area contributed by atoms with E-state index in [0.717, 1.165) is 0 Å².